The second-order valence-corrected chi connectivity index (χ2v) is 12.2. The summed E-state index contributed by atoms with van der Waals surface area (Å²) < 4.78 is 64.6. The summed E-state index contributed by atoms with van der Waals surface area (Å²) in [4.78, 5) is 17.0. The number of halogens is 4. The Morgan fingerprint density at radius 1 is 1.09 bits per heavy atom. The number of aromatic nitrogens is 5. The fourth-order valence-corrected chi connectivity index (χ4v) is 5.67. The Labute approximate surface area is 268 Å². The Hall–Kier alpha value is -4.98. The van der Waals surface area contributed by atoms with E-state index in [1.165, 1.54) is 33.2 Å². The molecule has 1 unspecified atom stereocenters. The number of anilines is 1. The molecule has 14 heteroatoms. The molecule has 4 N–H and O–H groups in total. The predicted octanol–water partition coefficient (Wildman–Crippen LogP) is 5.91. The van der Waals surface area contributed by atoms with Gasteiger partial charge >= 0.3 is 6.18 Å². The molecule has 5 rings (SSSR count). The molecular weight excluding hydrogens is 618 g/mol. The van der Waals surface area contributed by atoms with Crippen LogP contribution >= 0.6 is 0 Å². The number of ether oxygens (including phenoxy) is 1. The molecule has 0 saturated heterocycles. The van der Waals surface area contributed by atoms with Crippen molar-refractivity contribution in [3.05, 3.63) is 95.0 Å². The summed E-state index contributed by atoms with van der Waals surface area (Å²) in [7, 11) is 1.35. The van der Waals surface area contributed by atoms with E-state index < -0.39 is 36.0 Å². The van der Waals surface area contributed by atoms with Gasteiger partial charge in [-0.25, -0.2) is 14.1 Å². The molecule has 1 amide bonds. The molecule has 2 aromatic heterocycles. The average Bonchev–Trinajstić information content (AvgIpc) is 3.63. The lowest BCUT2D eigenvalue weighted by Crippen LogP contribution is -2.53. The van der Waals surface area contributed by atoms with Gasteiger partial charge < -0.3 is 20.5 Å². The molecule has 0 spiro atoms. The molecule has 0 radical (unpaired) electrons. The van der Waals surface area contributed by atoms with Crippen molar-refractivity contribution in [1.82, 2.24) is 30.3 Å². The van der Waals surface area contributed by atoms with Crippen molar-refractivity contribution in [3.63, 3.8) is 0 Å². The largest absolute Gasteiger partial charge is 0.496 e. The van der Waals surface area contributed by atoms with Gasteiger partial charge in [0, 0.05) is 22.2 Å². The van der Waals surface area contributed by atoms with Crippen LogP contribution in [0.5, 0.6) is 5.75 Å². The first-order valence-electron chi connectivity index (χ1n) is 14.7. The lowest BCUT2D eigenvalue weighted by molar-refractivity contribution is -0.260. The van der Waals surface area contributed by atoms with Crippen molar-refractivity contribution in [2.24, 2.45) is 0 Å². The number of aryl methyl sites for hydroxylation is 2. The third kappa shape index (κ3) is 7.07. The monoisotopic (exact) mass is 653 g/mol. The number of amides is 1. The van der Waals surface area contributed by atoms with Crippen LogP contribution in [0.2, 0.25) is 0 Å². The van der Waals surface area contributed by atoms with Crippen LogP contribution in [0.3, 0.4) is 0 Å². The molecule has 47 heavy (non-hydrogen) atoms. The summed E-state index contributed by atoms with van der Waals surface area (Å²) in [5.74, 6) is 0.307. The van der Waals surface area contributed by atoms with Crippen molar-refractivity contribution in [1.29, 1.82) is 0 Å². The van der Waals surface area contributed by atoms with E-state index in [2.05, 4.69) is 30.9 Å². The molecule has 0 aliphatic rings. The number of nitrogens with one attached hydrogen (secondary N) is 3. The van der Waals surface area contributed by atoms with Crippen LogP contribution in [0, 0.1) is 19.7 Å². The Balaban J connectivity index is 1.41. The number of aromatic amines is 1. The summed E-state index contributed by atoms with van der Waals surface area (Å²) in [5, 5.41) is 28.4. The molecule has 0 aliphatic heterocycles. The van der Waals surface area contributed by atoms with E-state index in [1.54, 1.807) is 48.9 Å². The molecule has 0 saturated carbocycles. The molecule has 0 aliphatic carbocycles. The van der Waals surface area contributed by atoms with E-state index in [0.29, 0.717) is 39.5 Å². The number of hydrogen-bond donors (Lipinski definition) is 4. The first kappa shape index (κ1) is 33.4. The van der Waals surface area contributed by atoms with Gasteiger partial charge in [0.25, 0.3) is 5.91 Å². The maximum Gasteiger partial charge on any atom is 0.418 e. The lowest BCUT2D eigenvalue weighted by Gasteiger charge is -2.38. The van der Waals surface area contributed by atoms with E-state index in [-0.39, 0.29) is 23.8 Å². The van der Waals surface area contributed by atoms with Gasteiger partial charge in [0.05, 0.1) is 37.6 Å². The number of methoxy groups -OCH3 is 1. The third-order valence-electron chi connectivity index (χ3n) is 7.97. The van der Waals surface area contributed by atoms with Crippen LogP contribution < -0.4 is 15.4 Å². The van der Waals surface area contributed by atoms with Crippen LogP contribution in [0.15, 0.2) is 60.8 Å². The normalized spacial score (nSPS) is 13.4. The van der Waals surface area contributed by atoms with Crippen molar-refractivity contribution in [2.75, 3.05) is 19.0 Å². The fraction of sp³-hybridized carbons (Fsp3) is 0.333. The number of hydrogen-bond acceptors (Lipinski definition) is 7. The summed E-state index contributed by atoms with van der Waals surface area (Å²) in [6.07, 6.45) is -4.31. The highest BCUT2D eigenvalue weighted by Crippen LogP contribution is 2.44. The van der Waals surface area contributed by atoms with E-state index in [1.807, 2.05) is 6.07 Å². The van der Waals surface area contributed by atoms with Crippen molar-refractivity contribution >= 4 is 22.5 Å². The second-order valence-electron chi connectivity index (χ2n) is 12.2. The van der Waals surface area contributed by atoms with Gasteiger partial charge in [0.1, 0.15) is 23.2 Å². The third-order valence-corrected chi connectivity index (χ3v) is 7.97. The number of rotatable bonds is 11. The standard InChI is InChI=1S/C33H35F4N7O3/c1-19-11-26(39-18-32(46,33(35,36)37)17-31(3,4)25-14-22(34)9-10-28(25)47-5)24-15-40-44(27(24)12-19)23-8-6-7-21(13-23)30(45)38-16-29-41-20(2)42-43-29/h6-15,39,46H,16-18H2,1-5H3,(H,38,45)(H,41,42,43). The minimum atomic E-state index is -5.03. The Kier molecular flexibility index (Phi) is 9.00. The van der Waals surface area contributed by atoms with Crippen LogP contribution in [-0.4, -0.2) is 61.4 Å². The first-order chi connectivity index (χ1) is 22.1. The van der Waals surface area contributed by atoms with Gasteiger partial charge in [0.15, 0.2) is 5.60 Å². The molecule has 248 valence electrons. The molecule has 2 heterocycles. The quantitative estimate of drug-likeness (QED) is 0.130. The van der Waals surface area contributed by atoms with Crippen LogP contribution in [-0.2, 0) is 12.0 Å². The van der Waals surface area contributed by atoms with Crippen molar-refractivity contribution < 1.29 is 32.2 Å². The Morgan fingerprint density at radius 3 is 2.53 bits per heavy atom. The molecule has 10 nitrogen and oxygen atoms in total. The maximum atomic E-state index is 14.5. The average molecular weight is 654 g/mol. The van der Waals surface area contributed by atoms with Gasteiger partial charge in [-0.3, -0.25) is 9.89 Å². The minimum absolute atomic E-state index is 0.153. The maximum absolute atomic E-state index is 14.5. The topological polar surface area (TPSA) is 130 Å². The molecule has 0 fully saturated rings. The summed E-state index contributed by atoms with van der Waals surface area (Å²) >= 11 is 0. The molecule has 5 aromatic rings. The number of nitrogens with zero attached hydrogens (tertiary/aromatic N) is 4. The molecule has 1 atom stereocenters. The van der Waals surface area contributed by atoms with Crippen LogP contribution in [0.25, 0.3) is 16.6 Å². The van der Waals surface area contributed by atoms with E-state index in [0.717, 1.165) is 17.7 Å². The number of benzene rings is 3. The number of fused-ring (bicyclic) bond motifs is 1. The number of H-pyrrole nitrogens is 1. The molecular formula is C33H35F4N7O3. The molecule has 0 bridgehead atoms. The Bertz CT molecular complexity index is 1920. The summed E-state index contributed by atoms with van der Waals surface area (Å²) in [6.45, 7) is 5.78. The molecule has 3 aromatic carbocycles. The zero-order chi connectivity index (χ0) is 34.1. The second kappa shape index (κ2) is 12.7. The highest BCUT2D eigenvalue weighted by molar-refractivity contribution is 5.96. The van der Waals surface area contributed by atoms with Crippen molar-refractivity contribution in [2.45, 2.75) is 57.9 Å². The number of alkyl halides is 3. The highest BCUT2D eigenvalue weighted by atomic mass is 19.4. The zero-order valence-electron chi connectivity index (χ0n) is 26.5. The van der Waals surface area contributed by atoms with Gasteiger partial charge in [-0.1, -0.05) is 19.9 Å². The SMILES string of the molecule is COc1ccc(F)cc1C(C)(C)CC(O)(CNc1cc(C)cc2c1cnn2-c1cccc(C(=O)NCc2nc(C)n[nH]2)c1)C(F)(F)F. The Morgan fingerprint density at radius 2 is 1.85 bits per heavy atom. The van der Waals surface area contributed by atoms with Gasteiger partial charge in [-0.05, 0) is 79.8 Å². The van der Waals surface area contributed by atoms with Gasteiger partial charge in [-0.15, -0.1) is 0 Å². The van der Waals surface area contributed by atoms with Gasteiger partial charge in [-0.2, -0.15) is 23.4 Å². The van der Waals surface area contributed by atoms with Crippen LogP contribution in [0.4, 0.5) is 23.2 Å². The number of carbonyl (C=O) groups is 1. The summed E-state index contributed by atoms with van der Waals surface area (Å²) in [6, 6.07) is 13.9. The number of aliphatic hydroxyl groups is 1. The number of carbonyl (C=O) groups excluding carboxylic acids is 1. The van der Waals surface area contributed by atoms with Crippen LogP contribution in [0.1, 0.15) is 53.4 Å². The van der Waals surface area contributed by atoms with E-state index >= 15 is 0 Å². The summed E-state index contributed by atoms with van der Waals surface area (Å²) in [5.41, 5.74) is -1.81. The lowest BCUT2D eigenvalue weighted by atomic mass is 9.74. The van der Waals surface area contributed by atoms with Crippen molar-refractivity contribution in [3.8, 4) is 11.4 Å². The zero-order valence-corrected chi connectivity index (χ0v) is 26.5. The van der Waals surface area contributed by atoms with E-state index in [9.17, 15) is 27.5 Å². The smallest absolute Gasteiger partial charge is 0.418 e. The first-order valence-corrected chi connectivity index (χ1v) is 14.7. The predicted molar refractivity (Wildman–Crippen MR) is 168 cm³/mol. The highest BCUT2D eigenvalue weighted by Gasteiger charge is 2.56. The van der Waals surface area contributed by atoms with E-state index in [4.69, 9.17) is 4.74 Å². The minimum Gasteiger partial charge on any atom is -0.496 e. The van der Waals surface area contributed by atoms with Gasteiger partial charge in [0.2, 0.25) is 0 Å². The fourth-order valence-electron chi connectivity index (χ4n) is 5.67.